The minimum absolute atomic E-state index is 0.839. The van der Waals surface area contributed by atoms with E-state index in [4.69, 9.17) is 0 Å². The van der Waals surface area contributed by atoms with Crippen LogP contribution in [0, 0.1) is 0 Å². The summed E-state index contributed by atoms with van der Waals surface area (Å²) in [6.07, 6.45) is 1.43. The molecule has 3 aliphatic rings. The molecule has 0 spiro atoms. The second kappa shape index (κ2) is 1.83. The molecule has 0 amide bonds. The van der Waals surface area contributed by atoms with E-state index in [1.807, 2.05) is 0 Å². The van der Waals surface area contributed by atoms with Crippen LogP contribution in [-0.2, 0) is 0 Å². The Morgan fingerprint density at radius 2 is 1.89 bits per heavy atom. The maximum atomic E-state index is 3.51. The van der Waals surface area contributed by atoms with Gasteiger partial charge in [0, 0.05) is 0 Å². The molecular formula is C6H12IN2+. The smallest absolute Gasteiger partial charge is 0.248 e. The van der Waals surface area contributed by atoms with Crippen LogP contribution in [0.4, 0.5) is 0 Å². The van der Waals surface area contributed by atoms with Crippen LogP contribution >= 0.6 is 22.9 Å². The predicted molar refractivity (Wildman–Crippen MR) is 45.3 cm³/mol. The Balaban J connectivity index is 2.04. The lowest BCUT2D eigenvalue weighted by atomic mass is 9.92. The molecule has 1 N–H and O–H groups in total. The molecule has 3 fully saturated rings. The van der Waals surface area contributed by atoms with Gasteiger partial charge in [-0.1, -0.05) is 0 Å². The second-order valence-corrected chi connectivity index (χ2v) is 5.75. The summed E-state index contributed by atoms with van der Waals surface area (Å²) in [6.45, 7) is 2.63. The summed E-state index contributed by atoms with van der Waals surface area (Å²) < 4.78 is 1.19. The molecule has 3 heterocycles. The Hall–Kier alpha value is 0.650. The zero-order valence-corrected chi connectivity index (χ0v) is 7.76. The molecule has 2 atom stereocenters. The quantitative estimate of drug-likeness (QED) is 0.480. The highest BCUT2D eigenvalue weighted by atomic mass is 127. The first-order chi connectivity index (χ1) is 4.16. The molecule has 0 radical (unpaired) electrons. The molecule has 52 valence electrons. The lowest BCUT2D eigenvalue weighted by molar-refractivity contribution is -0.749. The molecule has 0 saturated carbocycles. The predicted octanol–water partition coefficient (Wildman–Crippen LogP) is 0.527. The fraction of sp³-hybridized carbons (Fsp3) is 1.00. The van der Waals surface area contributed by atoms with Crippen LogP contribution in [-0.4, -0.2) is 34.9 Å². The van der Waals surface area contributed by atoms with Crippen molar-refractivity contribution in [2.45, 2.75) is 18.5 Å². The van der Waals surface area contributed by atoms with E-state index < -0.39 is 0 Å². The first-order valence-corrected chi connectivity index (χ1v) is 4.42. The van der Waals surface area contributed by atoms with Gasteiger partial charge < -0.3 is 5.32 Å². The highest BCUT2D eigenvalue weighted by Crippen LogP contribution is 2.28. The molecule has 2 nitrogen and oxygen atoms in total. The highest BCUT2D eigenvalue weighted by molar-refractivity contribution is 14.1. The second-order valence-electron chi connectivity index (χ2n) is 3.43. The van der Waals surface area contributed by atoms with Gasteiger partial charge in [-0.25, -0.2) is 0 Å². The number of quaternary nitrogens is 1. The number of nitrogens with one attached hydrogen (secondary N) is 1. The Morgan fingerprint density at radius 3 is 2.11 bits per heavy atom. The summed E-state index contributed by atoms with van der Waals surface area (Å²) in [5.74, 6) is 0. The van der Waals surface area contributed by atoms with Crippen molar-refractivity contribution in [3.05, 3.63) is 0 Å². The molecule has 2 bridgehead atoms. The Kier molecular flexibility index (Phi) is 1.29. The molecule has 0 aromatic heterocycles. The largest absolute Gasteiger partial charge is 0.301 e. The van der Waals surface area contributed by atoms with Gasteiger partial charge in [0.05, 0.1) is 19.1 Å². The lowest BCUT2D eigenvalue weighted by Crippen LogP contribution is -2.69. The first kappa shape index (κ1) is 6.37. The van der Waals surface area contributed by atoms with Crippen molar-refractivity contribution in [2.75, 3.05) is 20.1 Å². The molecule has 3 heteroatoms. The summed E-state index contributed by atoms with van der Waals surface area (Å²) >= 11 is 2.53. The van der Waals surface area contributed by atoms with Crippen LogP contribution in [0.3, 0.4) is 0 Å². The Labute approximate surface area is 69.7 Å². The van der Waals surface area contributed by atoms with Gasteiger partial charge in [0.1, 0.15) is 13.1 Å². The van der Waals surface area contributed by atoms with Crippen molar-refractivity contribution < 1.29 is 2.70 Å². The van der Waals surface area contributed by atoms with Crippen LogP contribution in [0.15, 0.2) is 0 Å². The standard InChI is InChI=1S/C6H12IN2/c1-9(7)3-5-2-6(4-9)8-5/h5-6,8H,2-4H2,1H3/q+1. The maximum absolute atomic E-state index is 3.51. The third-order valence-corrected chi connectivity index (χ3v) is 3.03. The van der Waals surface area contributed by atoms with Crippen LogP contribution < -0.4 is 5.32 Å². The molecular weight excluding hydrogens is 227 g/mol. The average Bonchev–Trinajstić information content (AvgIpc) is 1.58. The Morgan fingerprint density at radius 1 is 1.44 bits per heavy atom. The fourth-order valence-electron chi connectivity index (χ4n) is 1.90. The van der Waals surface area contributed by atoms with Gasteiger partial charge in [-0.15, -0.1) is 0 Å². The third-order valence-electron chi connectivity index (χ3n) is 2.24. The summed E-state index contributed by atoms with van der Waals surface area (Å²) in [6, 6.07) is 1.68. The number of likely N-dealkylation sites (N-methyl/N-ethyl adjacent to an activating group) is 1. The van der Waals surface area contributed by atoms with Crippen molar-refractivity contribution in [3.8, 4) is 0 Å². The van der Waals surface area contributed by atoms with E-state index in [1.165, 1.54) is 22.2 Å². The van der Waals surface area contributed by atoms with Gasteiger partial charge in [0.25, 0.3) is 0 Å². The van der Waals surface area contributed by atoms with E-state index in [-0.39, 0.29) is 0 Å². The monoisotopic (exact) mass is 239 g/mol. The summed E-state index contributed by atoms with van der Waals surface area (Å²) in [5, 5.41) is 3.51. The van der Waals surface area contributed by atoms with E-state index in [0.29, 0.717) is 0 Å². The van der Waals surface area contributed by atoms with E-state index >= 15 is 0 Å². The maximum Gasteiger partial charge on any atom is 0.248 e. The highest BCUT2D eigenvalue weighted by Gasteiger charge is 2.43. The molecule has 0 aromatic rings. The number of rotatable bonds is 0. The van der Waals surface area contributed by atoms with Crippen molar-refractivity contribution in [2.24, 2.45) is 0 Å². The minimum atomic E-state index is 0.839. The topological polar surface area (TPSA) is 12.0 Å². The van der Waals surface area contributed by atoms with Gasteiger partial charge in [0.2, 0.25) is 22.9 Å². The van der Waals surface area contributed by atoms with Crippen LogP contribution in [0.2, 0.25) is 0 Å². The number of piperidine rings is 1. The van der Waals surface area contributed by atoms with Crippen molar-refractivity contribution in [1.29, 1.82) is 0 Å². The van der Waals surface area contributed by atoms with Gasteiger partial charge in [0.15, 0.2) is 0 Å². The molecule has 3 saturated heterocycles. The fourth-order valence-corrected chi connectivity index (χ4v) is 2.85. The van der Waals surface area contributed by atoms with Gasteiger partial charge in [-0.05, 0) is 6.42 Å². The molecule has 9 heavy (non-hydrogen) atoms. The molecule has 0 aliphatic carbocycles. The van der Waals surface area contributed by atoms with Crippen LogP contribution in [0.25, 0.3) is 0 Å². The van der Waals surface area contributed by atoms with E-state index in [0.717, 1.165) is 12.1 Å². The van der Waals surface area contributed by atoms with Gasteiger partial charge in [-0.3, -0.25) is 2.70 Å². The number of piperazine rings is 1. The molecule has 0 aromatic carbocycles. The minimum Gasteiger partial charge on any atom is -0.301 e. The zero-order chi connectivity index (χ0) is 6.48. The SMILES string of the molecule is C[N+]1(I)CC2CC(C1)N2. The summed E-state index contributed by atoms with van der Waals surface area (Å²) in [7, 11) is 2.31. The molecule has 3 aliphatic heterocycles. The van der Waals surface area contributed by atoms with E-state index in [2.05, 4.69) is 35.2 Å². The van der Waals surface area contributed by atoms with Gasteiger partial charge >= 0.3 is 0 Å². The van der Waals surface area contributed by atoms with E-state index in [1.54, 1.807) is 0 Å². The zero-order valence-electron chi connectivity index (χ0n) is 5.60. The number of fused-ring (bicyclic) bond motifs is 2. The number of hydrogen-bond donors (Lipinski definition) is 1. The first-order valence-electron chi connectivity index (χ1n) is 3.46. The summed E-state index contributed by atoms with van der Waals surface area (Å²) in [4.78, 5) is 0. The average molecular weight is 239 g/mol. The third kappa shape index (κ3) is 1.10. The number of halogens is 1. The van der Waals surface area contributed by atoms with Crippen LogP contribution in [0.5, 0.6) is 0 Å². The molecule has 3 rings (SSSR count). The Bertz CT molecular complexity index is 117. The van der Waals surface area contributed by atoms with Crippen molar-refractivity contribution in [1.82, 2.24) is 5.32 Å². The van der Waals surface area contributed by atoms with Gasteiger partial charge in [-0.2, -0.15) is 0 Å². The van der Waals surface area contributed by atoms with E-state index in [9.17, 15) is 0 Å². The lowest BCUT2D eigenvalue weighted by Gasteiger charge is -2.48. The molecule has 2 unspecified atom stereocenters. The van der Waals surface area contributed by atoms with Crippen LogP contribution in [0.1, 0.15) is 6.42 Å². The van der Waals surface area contributed by atoms with Crippen molar-refractivity contribution >= 4 is 22.9 Å². The number of nitrogens with zero attached hydrogens (tertiary/aromatic N) is 1. The number of hydrogen-bond acceptors (Lipinski definition) is 1. The van der Waals surface area contributed by atoms with Crippen molar-refractivity contribution in [3.63, 3.8) is 0 Å². The normalized spacial score (nSPS) is 56.7. The summed E-state index contributed by atoms with van der Waals surface area (Å²) in [5.41, 5.74) is 0.